The molecule has 0 saturated carbocycles. The highest BCUT2D eigenvalue weighted by atomic mass is 16.2. The van der Waals surface area contributed by atoms with E-state index in [4.69, 9.17) is 0 Å². The van der Waals surface area contributed by atoms with Crippen molar-refractivity contribution in [3.05, 3.63) is 57.1 Å². The van der Waals surface area contributed by atoms with Gasteiger partial charge in [-0.3, -0.25) is 14.6 Å². The minimum Gasteiger partial charge on any atom is -0.288 e. The summed E-state index contributed by atoms with van der Waals surface area (Å²) >= 11 is 0. The molecule has 0 aliphatic carbocycles. The monoisotopic (exact) mass is 197 g/mol. The Morgan fingerprint density at radius 1 is 0.667 bits per heavy atom. The van der Waals surface area contributed by atoms with Crippen LogP contribution in [0.5, 0.6) is 0 Å². The fraction of sp³-hybridized carbons (Fsp3) is 0. The Bertz CT molecular complexity index is 694. The summed E-state index contributed by atoms with van der Waals surface area (Å²) in [5.41, 5.74) is -0.654. The third-order valence-corrected chi connectivity index (χ3v) is 2.64. The first-order valence-corrected chi connectivity index (χ1v) is 4.65. The summed E-state index contributed by atoms with van der Waals surface area (Å²) in [7, 11) is 0. The number of rotatable bonds is 0. The number of hydrogen-bond donors (Lipinski definition) is 1. The molecule has 0 radical (unpaired) electrons. The minimum atomic E-state index is -0.327. The van der Waals surface area contributed by atoms with E-state index in [1.165, 1.54) is 0 Å². The predicted molar refractivity (Wildman–Crippen MR) is 59.5 cm³/mol. The van der Waals surface area contributed by atoms with E-state index in [0.29, 0.717) is 10.8 Å². The lowest BCUT2D eigenvalue weighted by Gasteiger charge is -1.96. The van der Waals surface area contributed by atoms with Gasteiger partial charge in [-0.05, 0) is 22.9 Å². The Hall–Kier alpha value is -2.16. The second-order valence-electron chi connectivity index (χ2n) is 3.49. The number of aromatic nitrogens is 1. The number of benzene rings is 2. The highest BCUT2D eigenvalue weighted by Crippen LogP contribution is 2.20. The van der Waals surface area contributed by atoms with Crippen LogP contribution in [-0.2, 0) is 0 Å². The standard InChI is InChI=1S/C12H7NO2/c14-11-9-5-1-3-7-8(9)4-2-6-10(7)12(15)13-11/h1-6H,(H,13,14,15). The van der Waals surface area contributed by atoms with Gasteiger partial charge in [-0.2, -0.15) is 0 Å². The molecule has 2 aromatic carbocycles. The molecule has 3 aromatic rings. The van der Waals surface area contributed by atoms with E-state index in [9.17, 15) is 9.59 Å². The maximum atomic E-state index is 11.6. The fourth-order valence-electron chi connectivity index (χ4n) is 1.94. The topological polar surface area (TPSA) is 49.9 Å². The second-order valence-corrected chi connectivity index (χ2v) is 3.49. The summed E-state index contributed by atoms with van der Waals surface area (Å²) in [6.45, 7) is 0. The molecule has 0 amide bonds. The molecular weight excluding hydrogens is 190 g/mol. The first kappa shape index (κ1) is 8.17. The maximum absolute atomic E-state index is 11.6. The van der Waals surface area contributed by atoms with E-state index in [0.717, 1.165) is 10.8 Å². The molecule has 72 valence electrons. The molecule has 0 aliphatic rings. The molecule has 3 heteroatoms. The Morgan fingerprint density at radius 2 is 1.07 bits per heavy atom. The molecule has 0 aliphatic heterocycles. The van der Waals surface area contributed by atoms with Gasteiger partial charge < -0.3 is 0 Å². The summed E-state index contributed by atoms with van der Waals surface area (Å²) in [6.07, 6.45) is 0. The van der Waals surface area contributed by atoms with Crippen LogP contribution in [0.2, 0.25) is 0 Å². The van der Waals surface area contributed by atoms with Crippen LogP contribution in [0.25, 0.3) is 21.5 Å². The van der Waals surface area contributed by atoms with Gasteiger partial charge in [0.05, 0.1) is 0 Å². The van der Waals surface area contributed by atoms with Crippen LogP contribution in [-0.4, -0.2) is 4.98 Å². The van der Waals surface area contributed by atoms with E-state index in [1.54, 1.807) is 24.3 Å². The molecule has 1 N–H and O–H groups in total. The Balaban J connectivity index is 2.94. The molecule has 0 fully saturated rings. The van der Waals surface area contributed by atoms with Gasteiger partial charge in [0.1, 0.15) is 0 Å². The third kappa shape index (κ3) is 1.00. The van der Waals surface area contributed by atoms with Crippen molar-refractivity contribution in [3.8, 4) is 0 Å². The maximum Gasteiger partial charge on any atom is 0.258 e. The van der Waals surface area contributed by atoms with E-state index in [1.807, 2.05) is 12.1 Å². The van der Waals surface area contributed by atoms with E-state index in [-0.39, 0.29) is 11.1 Å². The Morgan fingerprint density at radius 3 is 1.53 bits per heavy atom. The van der Waals surface area contributed by atoms with Crippen molar-refractivity contribution in [3.63, 3.8) is 0 Å². The lowest BCUT2D eigenvalue weighted by atomic mass is 10.1. The summed E-state index contributed by atoms with van der Waals surface area (Å²) in [4.78, 5) is 25.6. The second kappa shape index (κ2) is 2.67. The molecule has 4 bridgehead atoms. The molecule has 1 heterocycles. The van der Waals surface area contributed by atoms with Crippen molar-refractivity contribution in [1.29, 1.82) is 0 Å². The Kier molecular flexibility index (Phi) is 1.45. The van der Waals surface area contributed by atoms with Gasteiger partial charge in [0.15, 0.2) is 0 Å². The fourth-order valence-corrected chi connectivity index (χ4v) is 1.94. The number of H-pyrrole nitrogens is 1. The average molecular weight is 197 g/mol. The average Bonchev–Trinajstić information content (AvgIpc) is 2.33. The highest BCUT2D eigenvalue weighted by molar-refractivity contribution is 6.06. The molecule has 1 aromatic heterocycles. The van der Waals surface area contributed by atoms with Gasteiger partial charge in [-0.15, -0.1) is 0 Å². The summed E-state index contributed by atoms with van der Waals surface area (Å²) in [5, 5.41) is 2.78. The number of aromatic amines is 1. The van der Waals surface area contributed by atoms with Crippen molar-refractivity contribution < 1.29 is 0 Å². The Labute approximate surface area is 84.3 Å². The van der Waals surface area contributed by atoms with Crippen LogP contribution in [0.4, 0.5) is 0 Å². The summed E-state index contributed by atoms with van der Waals surface area (Å²) in [6, 6.07) is 10.7. The lowest BCUT2D eigenvalue weighted by molar-refractivity contribution is 1.24. The number of hydrogen-bond acceptors (Lipinski definition) is 2. The van der Waals surface area contributed by atoms with Gasteiger partial charge >= 0.3 is 0 Å². The zero-order valence-electron chi connectivity index (χ0n) is 7.78. The smallest absolute Gasteiger partial charge is 0.258 e. The van der Waals surface area contributed by atoms with Crippen molar-refractivity contribution in [2.75, 3.05) is 0 Å². The summed E-state index contributed by atoms with van der Waals surface area (Å²) < 4.78 is 0. The van der Waals surface area contributed by atoms with Crippen molar-refractivity contribution in [2.45, 2.75) is 0 Å². The zero-order chi connectivity index (χ0) is 10.4. The molecule has 3 nitrogen and oxygen atoms in total. The van der Waals surface area contributed by atoms with Gasteiger partial charge in [0.2, 0.25) is 0 Å². The van der Waals surface area contributed by atoms with E-state index < -0.39 is 0 Å². The van der Waals surface area contributed by atoms with Crippen molar-refractivity contribution in [2.24, 2.45) is 0 Å². The first-order chi connectivity index (χ1) is 7.27. The van der Waals surface area contributed by atoms with Gasteiger partial charge in [0, 0.05) is 10.8 Å². The van der Waals surface area contributed by atoms with Crippen LogP contribution in [0.15, 0.2) is 46.0 Å². The van der Waals surface area contributed by atoms with Gasteiger partial charge in [0.25, 0.3) is 11.1 Å². The summed E-state index contributed by atoms with van der Waals surface area (Å²) in [5.74, 6) is 0. The molecule has 0 saturated heterocycles. The van der Waals surface area contributed by atoms with E-state index in [2.05, 4.69) is 4.98 Å². The first-order valence-electron chi connectivity index (χ1n) is 4.65. The van der Waals surface area contributed by atoms with Crippen LogP contribution in [0.3, 0.4) is 0 Å². The number of nitrogens with one attached hydrogen (secondary N) is 1. The third-order valence-electron chi connectivity index (χ3n) is 2.64. The van der Waals surface area contributed by atoms with E-state index >= 15 is 0 Å². The van der Waals surface area contributed by atoms with Gasteiger partial charge in [-0.25, -0.2) is 0 Å². The highest BCUT2D eigenvalue weighted by Gasteiger charge is 2.05. The van der Waals surface area contributed by atoms with Crippen molar-refractivity contribution >= 4 is 21.5 Å². The normalized spacial score (nSPS) is 11.2. The van der Waals surface area contributed by atoms with Crippen LogP contribution in [0, 0.1) is 0 Å². The largest absolute Gasteiger partial charge is 0.288 e. The molecule has 0 spiro atoms. The molecule has 0 unspecified atom stereocenters. The molecule has 0 atom stereocenters. The van der Waals surface area contributed by atoms with Crippen molar-refractivity contribution in [1.82, 2.24) is 4.98 Å². The molecular formula is C12H7NO2. The zero-order valence-corrected chi connectivity index (χ0v) is 7.78. The van der Waals surface area contributed by atoms with Gasteiger partial charge in [-0.1, -0.05) is 24.3 Å². The molecule has 15 heavy (non-hydrogen) atoms. The van der Waals surface area contributed by atoms with Crippen LogP contribution in [0.1, 0.15) is 0 Å². The lowest BCUT2D eigenvalue weighted by Crippen LogP contribution is -2.13. The SMILES string of the molecule is O=c1[nH]c(=O)c2cccc3c1cccc23. The van der Waals surface area contributed by atoms with Crippen LogP contribution < -0.4 is 11.1 Å². The predicted octanol–water partition coefficient (Wildman–Crippen LogP) is 1.48. The quantitative estimate of drug-likeness (QED) is 0.593. The van der Waals surface area contributed by atoms with Crippen LogP contribution >= 0.6 is 0 Å². The molecule has 3 rings (SSSR count). The minimum absolute atomic E-state index is 0.327.